The largest absolute Gasteiger partial charge is 0.466 e. The first-order valence-corrected chi connectivity index (χ1v) is 9.57. The summed E-state index contributed by atoms with van der Waals surface area (Å²) in [5.74, 6) is -0.448. The molecule has 3 rings (SSSR count). The summed E-state index contributed by atoms with van der Waals surface area (Å²) < 4.78 is 15.1. The molecule has 0 aliphatic carbocycles. The van der Waals surface area contributed by atoms with Gasteiger partial charge in [-0.2, -0.15) is 0 Å². The van der Waals surface area contributed by atoms with Crippen molar-refractivity contribution in [1.82, 2.24) is 9.80 Å². The molecule has 1 fully saturated rings. The number of ether oxygens (including phenoxy) is 3. The predicted octanol–water partition coefficient (Wildman–Crippen LogP) is 2.73. The van der Waals surface area contributed by atoms with Crippen molar-refractivity contribution >= 4 is 18.2 Å². The van der Waals surface area contributed by atoms with Gasteiger partial charge in [0.2, 0.25) is 0 Å². The van der Waals surface area contributed by atoms with E-state index in [1.807, 2.05) is 36.4 Å². The van der Waals surface area contributed by atoms with E-state index in [4.69, 9.17) is 14.2 Å². The summed E-state index contributed by atoms with van der Waals surface area (Å²) in [6.07, 6.45) is 2.64. The molecule has 0 aromatic heterocycles. The smallest absolute Gasteiger partial charge is 0.410 e. The fraction of sp³-hybridized carbons (Fsp3) is 0.476. The molecule has 0 bridgehead atoms. The number of rotatable bonds is 3. The summed E-state index contributed by atoms with van der Waals surface area (Å²) >= 11 is 0. The van der Waals surface area contributed by atoms with Gasteiger partial charge in [0.25, 0.3) is 0 Å². The third kappa shape index (κ3) is 4.52. The minimum Gasteiger partial charge on any atom is -0.466 e. The fourth-order valence-corrected chi connectivity index (χ4v) is 3.86. The molecule has 1 saturated heterocycles. The minimum absolute atomic E-state index is 0.137. The van der Waals surface area contributed by atoms with Crippen molar-refractivity contribution in [2.75, 3.05) is 33.9 Å². The van der Waals surface area contributed by atoms with Gasteiger partial charge in [0.05, 0.1) is 31.9 Å². The lowest BCUT2D eigenvalue weighted by Crippen LogP contribution is -2.60. The van der Waals surface area contributed by atoms with Crippen LogP contribution in [0.25, 0.3) is 0 Å². The maximum atomic E-state index is 12.4. The topological polar surface area (TPSA) is 85.4 Å². The number of nitrogens with zero attached hydrogens (tertiary/aromatic N) is 2. The first-order valence-electron chi connectivity index (χ1n) is 9.57. The van der Waals surface area contributed by atoms with E-state index in [9.17, 15) is 14.4 Å². The molecule has 0 N–H and O–H groups in total. The van der Waals surface area contributed by atoms with E-state index in [1.54, 1.807) is 9.80 Å². The van der Waals surface area contributed by atoms with Gasteiger partial charge in [0.15, 0.2) is 0 Å². The lowest BCUT2D eigenvalue weighted by Gasteiger charge is -2.49. The van der Waals surface area contributed by atoms with E-state index < -0.39 is 17.6 Å². The van der Waals surface area contributed by atoms with E-state index in [0.717, 1.165) is 5.56 Å². The number of esters is 1. The quantitative estimate of drug-likeness (QED) is 0.571. The summed E-state index contributed by atoms with van der Waals surface area (Å²) in [7, 11) is 2.64. The summed E-state index contributed by atoms with van der Waals surface area (Å²) in [5.41, 5.74) is 0.882. The Balaban J connectivity index is 1.63. The predicted molar refractivity (Wildman–Crippen MR) is 104 cm³/mol. The Labute approximate surface area is 170 Å². The summed E-state index contributed by atoms with van der Waals surface area (Å²) in [4.78, 5) is 39.9. The van der Waals surface area contributed by atoms with Crippen LogP contribution in [0.15, 0.2) is 42.0 Å². The first kappa shape index (κ1) is 20.7. The average Bonchev–Trinajstić information content (AvgIpc) is 2.78. The van der Waals surface area contributed by atoms with Crippen LogP contribution in [0, 0.1) is 0 Å². The van der Waals surface area contributed by atoms with Crippen LogP contribution in [0.1, 0.15) is 24.8 Å². The van der Waals surface area contributed by atoms with E-state index in [2.05, 4.69) is 0 Å². The first-order chi connectivity index (χ1) is 14.0. The maximum absolute atomic E-state index is 12.4. The molecule has 8 nitrogen and oxygen atoms in total. The Morgan fingerprint density at radius 3 is 2.31 bits per heavy atom. The Bertz CT molecular complexity index is 784. The van der Waals surface area contributed by atoms with Crippen molar-refractivity contribution in [3.8, 4) is 0 Å². The molecule has 0 atom stereocenters. The number of piperidine rings is 1. The fourth-order valence-electron chi connectivity index (χ4n) is 3.86. The highest BCUT2D eigenvalue weighted by molar-refractivity contribution is 5.90. The van der Waals surface area contributed by atoms with Gasteiger partial charge in [0.1, 0.15) is 6.61 Å². The molecule has 0 unspecified atom stereocenters. The molecule has 8 heteroatoms. The zero-order chi connectivity index (χ0) is 20.9. The summed E-state index contributed by atoms with van der Waals surface area (Å²) in [6.45, 7) is 1.28. The maximum Gasteiger partial charge on any atom is 0.410 e. The third-order valence-corrected chi connectivity index (χ3v) is 5.63. The van der Waals surface area contributed by atoms with Crippen molar-refractivity contribution in [2.24, 2.45) is 0 Å². The Hall–Kier alpha value is -3.03. The summed E-state index contributed by atoms with van der Waals surface area (Å²) in [6, 6.07) is 9.51. The van der Waals surface area contributed by atoms with Crippen LogP contribution in [-0.2, 0) is 25.6 Å². The van der Waals surface area contributed by atoms with Gasteiger partial charge in [-0.15, -0.1) is 0 Å². The number of benzene rings is 1. The van der Waals surface area contributed by atoms with Crippen LogP contribution < -0.4 is 0 Å². The number of hydrogen-bond acceptors (Lipinski definition) is 6. The number of amides is 2. The van der Waals surface area contributed by atoms with Crippen LogP contribution in [0.3, 0.4) is 0 Å². The van der Waals surface area contributed by atoms with E-state index >= 15 is 0 Å². The molecule has 2 aliphatic heterocycles. The van der Waals surface area contributed by atoms with E-state index in [1.165, 1.54) is 14.2 Å². The lowest BCUT2D eigenvalue weighted by molar-refractivity contribution is -0.136. The number of methoxy groups -OCH3 is 2. The van der Waals surface area contributed by atoms with Crippen LogP contribution >= 0.6 is 0 Å². The molecule has 2 aliphatic rings. The highest BCUT2D eigenvalue weighted by Crippen LogP contribution is 2.37. The van der Waals surface area contributed by atoms with Crippen molar-refractivity contribution in [1.29, 1.82) is 0 Å². The van der Waals surface area contributed by atoms with E-state index in [-0.39, 0.29) is 19.2 Å². The highest BCUT2D eigenvalue weighted by atomic mass is 16.6. The molecule has 2 amide bonds. The molecular weight excluding hydrogens is 376 g/mol. The molecule has 2 heterocycles. The molecule has 1 spiro atoms. The van der Waals surface area contributed by atoms with Gasteiger partial charge >= 0.3 is 18.2 Å². The van der Waals surface area contributed by atoms with Gasteiger partial charge in [-0.25, -0.2) is 14.4 Å². The molecule has 29 heavy (non-hydrogen) atoms. The number of carbonyl (C=O) groups excluding carboxylic acids is 3. The standard InChI is InChI=1S/C21H26N2O6/c1-27-18(24)17-8-9-21(23(14-17)20(26)28-2)10-12-22(13-11-21)19(25)29-15-16-6-4-3-5-7-16/h3-8H,9-15H2,1-2H3. The summed E-state index contributed by atoms with van der Waals surface area (Å²) in [5, 5.41) is 0. The molecule has 156 valence electrons. The van der Waals surface area contributed by atoms with Crippen LogP contribution in [0.2, 0.25) is 0 Å². The van der Waals surface area contributed by atoms with Crippen molar-refractivity contribution in [2.45, 2.75) is 31.4 Å². The number of likely N-dealkylation sites (tertiary alicyclic amines) is 1. The Morgan fingerprint density at radius 2 is 1.69 bits per heavy atom. The second-order valence-corrected chi connectivity index (χ2v) is 7.23. The normalized spacial score (nSPS) is 18.1. The van der Waals surface area contributed by atoms with Crippen LogP contribution in [0.5, 0.6) is 0 Å². The highest BCUT2D eigenvalue weighted by Gasteiger charge is 2.46. The second kappa shape index (κ2) is 8.98. The van der Waals surface area contributed by atoms with Gasteiger partial charge in [-0.05, 0) is 24.8 Å². The average molecular weight is 402 g/mol. The van der Waals surface area contributed by atoms with Crippen molar-refractivity contribution in [3.63, 3.8) is 0 Å². The van der Waals surface area contributed by atoms with Crippen molar-refractivity contribution in [3.05, 3.63) is 47.5 Å². The zero-order valence-corrected chi connectivity index (χ0v) is 16.8. The monoisotopic (exact) mass is 402 g/mol. The van der Waals surface area contributed by atoms with Crippen LogP contribution in [-0.4, -0.2) is 67.3 Å². The molecular formula is C21H26N2O6. The van der Waals surface area contributed by atoms with Crippen molar-refractivity contribution < 1.29 is 28.6 Å². The zero-order valence-electron chi connectivity index (χ0n) is 16.8. The molecule has 1 aromatic carbocycles. The van der Waals surface area contributed by atoms with E-state index in [0.29, 0.717) is 37.9 Å². The number of hydrogen-bond donors (Lipinski definition) is 0. The van der Waals surface area contributed by atoms with Gasteiger partial charge < -0.3 is 19.1 Å². The second-order valence-electron chi connectivity index (χ2n) is 7.23. The minimum atomic E-state index is -0.486. The van der Waals surface area contributed by atoms with Crippen LogP contribution in [0.4, 0.5) is 9.59 Å². The Kier molecular flexibility index (Phi) is 6.41. The molecule has 0 saturated carbocycles. The molecule has 0 radical (unpaired) electrons. The number of carbonyl (C=O) groups is 3. The lowest BCUT2D eigenvalue weighted by atomic mass is 9.79. The third-order valence-electron chi connectivity index (χ3n) is 5.63. The SMILES string of the molecule is COC(=O)C1=CCC2(CCN(C(=O)OCc3ccccc3)CC2)N(C(=O)OC)C1. The van der Waals surface area contributed by atoms with Gasteiger partial charge in [0, 0.05) is 13.1 Å². The van der Waals surface area contributed by atoms with Gasteiger partial charge in [-0.3, -0.25) is 4.90 Å². The molecule has 1 aromatic rings. The van der Waals surface area contributed by atoms with Gasteiger partial charge in [-0.1, -0.05) is 36.4 Å². The Morgan fingerprint density at radius 1 is 1.00 bits per heavy atom.